The Morgan fingerprint density at radius 1 is 1.08 bits per heavy atom. The first-order chi connectivity index (χ1) is 11.6. The molecule has 1 aromatic heterocycles. The van der Waals surface area contributed by atoms with Crippen LogP contribution in [0.15, 0.2) is 65.5 Å². The van der Waals surface area contributed by atoms with Crippen molar-refractivity contribution in [3.05, 3.63) is 76.6 Å². The number of rotatable bonds is 3. The summed E-state index contributed by atoms with van der Waals surface area (Å²) < 4.78 is 5.16. The first-order valence-corrected chi connectivity index (χ1v) is 7.32. The predicted molar refractivity (Wildman–Crippen MR) is 91.1 cm³/mol. The normalized spacial score (nSPS) is 10.2. The van der Waals surface area contributed by atoms with Gasteiger partial charge >= 0.3 is 6.09 Å². The number of aryl methyl sites for hydroxylation is 1. The van der Waals surface area contributed by atoms with Crippen LogP contribution < -0.4 is 15.6 Å². The lowest BCUT2D eigenvalue weighted by atomic mass is 10.1. The standard InChI is InChI=1S/C18H15N3O3/c1-12-11-16(22)20-21-17(12)13-7-9-14(10-8-13)19-18(23)24-15-5-3-2-4-6-15/h2-11H,1H3,(H,19,23)(H,20,22). The molecule has 0 spiro atoms. The highest BCUT2D eigenvalue weighted by Gasteiger charge is 2.07. The van der Waals surface area contributed by atoms with Crippen LogP contribution in [0.2, 0.25) is 0 Å². The molecule has 3 rings (SSSR count). The first kappa shape index (κ1) is 15.5. The van der Waals surface area contributed by atoms with Crippen molar-refractivity contribution < 1.29 is 9.53 Å². The predicted octanol–water partition coefficient (Wildman–Crippen LogP) is 3.36. The molecule has 0 saturated heterocycles. The van der Waals surface area contributed by atoms with Gasteiger partial charge in [0, 0.05) is 17.3 Å². The fourth-order valence-electron chi connectivity index (χ4n) is 2.24. The second-order valence-corrected chi connectivity index (χ2v) is 5.17. The molecule has 0 aliphatic rings. The highest BCUT2D eigenvalue weighted by molar-refractivity contribution is 5.86. The molecular weight excluding hydrogens is 306 g/mol. The van der Waals surface area contributed by atoms with Gasteiger partial charge in [0.15, 0.2) is 0 Å². The minimum absolute atomic E-state index is 0.238. The van der Waals surface area contributed by atoms with E-state index in [1.54, 1.807) is 36.4 Å². The zero-order valence-corrected chi connectivity index (χ0v) is 12.9. The molecule has 0 aliphatic carbocycles. The van der Waals surface area contributed by atoms with Gasteiger partial charge in [-0.15, -0.1) is 0 Å². The molecule has 24 heavy (non-hydrogen) atoms. The molecule has 6 heteroatoms. The van der Waals surface area contributed by atoms with E-state index in [1.165, 1.54) is 6.07 Å². The van der Waals surface area contributed by atoms with Gasteiger partial charge in [-0.25, -0.2) is 9.89 Å². The average molecular weight is 321 g/mol. The lowest BCUT2D eigenvalue weighted by Gasteiger charge is -2.08. The van der Waals surface area contributed by atoms with Crippen molar-refractivity contribution >= 4 is 11.8 Å². The number of aromatic nitrogens is 2. The van der Waals surface area contributed by atoms with E-state index in [4.69, 9.17) is 4.74 Å². The number of carbonyl (C=O) groups excluding carboxylic acids is 1. The Morgan fingerprint density at radius 2 is 1.79 bits per heavy atom. The molecule has 1 amide bonds. The highest BCUT2D eigenvalue weighted by Crippen LogP contribution is 2.21. The maximum atomic E-state index is 11.8. The van der Waals surface area contributed by atoms with Crippen molar-refractivity contribution in [2.75, 3.05) is 5.32 Å². The summed E-state index contributed by atoms with van der Waals surface area (Å²) in [4.78, 5) is 23.1. The quantitative estimate of drug-likeness (QED) is 0.775. The van der Waals surface area contributed by atoms with Crippen molar-refractivity contribution in [1.29, 1.82) is 0 Å². The van der Waals surface area contributed by atoms with Crippen molar-refractivity contribution in [2.24, 2.45) is 0 Å². The topological polar surface area (TPSA) is 84.1 Å². The van der Waals surface area contributed by atoms with Crippen molar-refractivity contribution in [2.45, 2.75) is 6.92 Å². The Morgan fingerprint density at radius 3 is 2.46 bits per heavy atom. The van der Waals surface area contributed by atoms with E-state index in [-0.39, 0.29) is 5.56 Å². The van der Waals surface area contributed by atoms with Crippen molar-refractivity contribution in [3.63, 3.8) is 0 Å². The molecular formula is C18H15N3O3. The number of hydrogen-bond donors (Lipinski definition) is 2. The number of ether oxygens (including phenoxy) is 1. The fourth-order valence-corrected chi connectivity index (χ4v) is 2.24. The molecule has 0 bridgehead atoms. The van der Waals surface area contributed by atoms with E-state index in [1.807, 2.05) is 25.1 Å². The third-order valence-corrected chi connectivity index (χ3v) is 3.36. The number of nitrogens with one attached hydrogen (secondary N) is 2. The fraction of sp³-hybridized carbons (Fsp3) is 0.0556. The summed E-state index contributed by atoms with van der Waals surface area (Å²) in [7, 11) is 0. The van der Waals surface area contributed by atoms with Gasteiger partial charge in [-0.2, -0.15) is 5.10 Å². The third kappa shape index (κ3) is 3.67. The molecule has 0 aliphatic heterocycles. The molecule has 1 heterocycles. The number of aromatic amines is 1. The summed E-state index contributed by atoms with van der Waals surface area (Å²) >= 11 is 0. The van der Waals surface area contributed by atoms with E-state index in [0.717, 1.165) is 11.1 Å². The number of hydrogen-bond acceptors (Lipinski definition) is 4. The molecule has 120 valence electrons. The van der Waals surface area contributed by atoms with Crippen LogP contribution in [-0.2, 0) is 0 Å². The Balaban J connectivity index is 1.70. The van der Waals surface area contributed by atoms with Crippen LogP contribution in [0, 0.1) is 6.92 Å². The second kappa shape index (κ2) is 6.78. The minimum Gasteiger partial charge on any atom is -0.410 e. The molecule has 0 atom stereocenters. The van der Waals surface area contributed by atoms with Crippen LogP contribution >= 0.6 is 0 Å². The summed E-state index contributed by atoms with van der Waals surface area (Å²) in [5.74, 6) is 0.472. The summed E-state index contributed by atoms with van der Waals surface area (Å²) in [6.07, 6.45) is -0.563. The van der Waals surface area contributed by atoms with E-state index in [0.29, 0.717) is 17.1 Å². The summed E-state index contributed by atoms with van der Waals surface area (Å²) in [5, 5.41) is 9.12. The molecule has 2 aromatic carbocycles. The van der Waals surface area contributed by atoms with Crippen LogP contribution in [0.1, 0.15) is 5.56 Å². The van der Waals surface area contributed by atoms with E-state index >= 15 is 0 Å². The van der Waals surface area contributed by atoms with Gasteiger partial charge < -0.3 is 4.74 Å². The number of anilines is 1. The molecule has 0 saturated carbocycles. The van der Waals surface area contributed by atoms with Gasteiger partial charge in [-0.3, -0.25) is 10.1 Å². The zero-order valence-electron chi connectivity index (χ0n) is 12.9. The smallest absolute Gasteiger partial charge is 0.410 e. The van der Waals surface area contributed by atoms with Gasteiger partial charge in [0.05, 0.1) is 5.69 Å². The molecule has 3 aromatic rings. The number of nitrogens with zero attached hydrogens (tertiary/aromatic N) is 1. The molecule has 0 radical (unpaired) electrons. The van der Waals surface area contributed by atoms with Crippen LogP contribution in [0.25, 0.3) is 11.3 Å². The molecule has 0 fully saturated rings. The van der Waals surface area contributed by atoms with Crippen LogP contribution in [0.3, 0.4) is 0 Å². The second-order valence-electron chi connectivity index (χ2n) is 5.17. The number of amides is 1. The van der Waals surface area contributed by atoms with E-state index < -0.39 is 6.09 Å². The summed E-state index contributed by atoms with van der Waals surface area (Å²) in [6.45, 7) is 1.82. The van der Waals surface area contributed by atoms with Crippen molar-refractivity contribution in [1.82, 2.24) is 10.2 Å². The first-order valence-electron chi connectivity index (χ1n) is 7.32. The SMILES string of the molecule is Cc1cc(=O)[nH]nc1-c1ccc(NC(=O)Oc2ccccc2)cc1. The Hall–Kier alpha value is -3.41. The van der Waals surface area contributed by atoms with Crippen LogP contribution in [-0.4, -0.2) is 16.3 Å². The Bertz CT molecular complexity index is 903. The Kier molecular flexibility index (Phi) is 4.38. The minimum atomic E-state index is -0.563. The van der Waals surface area contributed by atoms with Gasteiger partial charge in [-0.05, 0) is 36.8 Å². The largest absolute Gasteiger partial charge is 0.417 e. The summed E-state index contributed by atoms with van der Waals surface area (Å²) in [5.41, 5.74) is 2.67. The highest BCUT2D eigenvalue weighted by atomic mass is 16.6. The third-order valence-electron chi connectivity index (χ3n) is 3.36. The van der Waals surface area contributed by atoms with Gasteiger partial charge in [0.25, 0.3) is 5.56 Å². The monoisotopic (exact) mass is 321 g/mol. The van der Waals surface area contributed by atoms with Gasteiger partial charge in [0.1, 0.15) is 5.75 Å². The number of benzene rings is 2. The number of H-pyrrole nitrogens is 1. The molecule has 6 nitrogen and oxygen atoms in total. The molecule has 0 unspecified atom stereocenters. The van der Waals surface area contributed by atoms with Crippen LogP contribution in [0.5, 0.6) is 5.75 Å². The maximum absolute atomic E-state index is 11.8. The average Bonchev–Trinajstić information content (AvgIpc) is 2.57. The van der Waals surface area contributed by atoms with Crippen LogP contribution in [0.4, 0.5) is 10.5 Å². The lowest BCUT2D eigenvalue weighted by molar-refractivity contribution is 0.215. The lowest BCUT2D eigenvalue weighted by Crippen LogP contribution is -2.16. The maximum Gasteiger partial charge on any atom is 0.417 e. The van der Waals surface area contributed by atoms with Gasteiger partial charge in [-0.1, -0.05) is 30.3 Å². The van der Waals surface area contributed by atoms with E-state index in [2.05, 4.69) is 15.5 Å². The summed E-state index contributed by atoms with van der Waals surface area (Å²) in [6, 6.07) is 17.4. The zero-order chi connectivity index (χ0) is 16.9. The number of para-hydroxylation sites is 1. The Labute approximate surface area is 138 Å². The van der Waals surface area contributed by atoms with E-state index in [9.17, 15) is 9.59 Å². The number of carbonyl (C=O) groups is 1. The molecule has 2 N–H and O–H groups in total. The van der Waals surface area contributed by atoms with Crippen molar-refractivity contribution in [3.8, 4) is 17.0 Å². The van der Waals surface area contributed by atoms with Gasteiger partial charge in [0.2, 0.25) is 0 Å².